The zero-order valence-corrected chi connectivity index (χ0v) is 9.94. The number of ether oxygens (including phenoxy) is 1. The average Bonchev–Trinajstić information content (AvgIpc) is 2.76. The highest BCUT2D eigenvalue weighted by atomic mass is 16.5. The van der Waals surface area contributed by atoms with E-state index in [1.54, 1.807) is 7.11 Å². The first-order valence-electron chi connectivity index (χ1n) is 6.06. The minimum Gasteiger partial charge on any atom is -0.497 e. The van der Waals surface area contributed by atoms with Crippen molar-refractivity contribution in [3.63, 3.8) is 0 Å². The van der Waals surface area contributed by atoms with E-state index in [0.29, 0.717) is 5.92 Å². The van der Waals surface area contributed by atoms with Gasteiger partial charge in [0.15, 0.2) is 0 Å². The Morgan fingerprint density at radius 3 is 2.88 bits per heavy atom. The van der Waals surface area contributed by atoms with Gasteiger partial charge in [0.1, 0.15) is 5.75 Å². The molecule has 2 aromatic rings. The number of aromatic nitrogens is 2. The van der Waals surface area contributed by atoms with Crippen molar-refractivity contribution in [2.45, 2.75) is 25.2 Å². The molecule has 88 valence electrons. The molecule has 1 fully saturated rings. The molecule has 1 N–H and O–H groups in total. The SMILES string of the molecule is COc1cccc(-c2cc(C3CCC3)[nH]n2)c1. The molecule has 0 aliphatic heterocycles. The summed E-state index contributed by atoms with van der Waals surface area (Å²) in [5.41, 5.74) is 3.38. The molecule has 0 amide bonds. The number of aromatic amines is 1. The maximum Gasteiger partial charge on any atom is 0.119 e. The molecule has 0 atom stereocenters. The van der Waals surface area contributed by atoms with Crippen molar-refractivity contribution in [2.24, 2.45) is 0 Å². The molecule has 0 spiro atoms. The Morgan fingerprint density at radius 2 is 2.18 bits per heavy atom. The van der Waals surface area contributed by atoms with Crippen molar-refractivity contribution in [1.82, 2.24) is 10.2 Å². The summed E-state index contributed by atoms with van der Waals surface area (Å²) in [7, 11) is 1.68. The van der Waals surface area contributed by atoms with Crippen LogP contribution in [0.3, 0.4) is 0 Å². The molecular weight excluding hydrogens is 212 g/mol. The monoisotopic (exact) mass is 228 g/mol. The number of benzene rings is 1. The van der Waals surface area contributed by atoms with Crippen LogP contribution in [0, 0.1) is 0 Å². The van der Waals surface area contributed by atoms with Crippen LogP contribution >= 0.6 is 0 Å². The minimum atomic E-state index is 0.696. The van der Waals surface area contributed by atoms with Gasteiger partial charge in [0, 0.05) is 17.2 Å². The first-order chi connectivity index (χ1) is 8.36. The third kappa shape index (κ3) is 1.93. The second kappa shape index (κ2) is 4.24. The molecule has 1 heterocycles. The van der Waals surface area contributed by atoms with Crippen molar-refractivity contribution < 1.29 is 4.74 Å². The Kier molecular flexibility index (Phi) is 2.59. The summed E-state index contributed by atoms with van der Waals surface area (Å²) in [6.07, 6.45) is 3.93. The molecular formula is C14H16N2O. The molecule has 0 bridgehead atoms. The normalized spacial score (nSPS) is 15.6. The zero-order valence-electron chi connectivity index (χ0n) is 9.94. The van der Waals surface area contributed by atoms with E-state index in [4.69, 9.17) is 4.74 Å². The lowest BCUT2D eigenvalue weighted by Gasteiger charge is -2.23. The Balaban J connectivity index is 1.89. The molecule has 1 saturated carbocycles. The van der Waals surface area contributed by atoms with E-state index in [1.807, 2.05) is 18.2 Å². The number of hydrogen-bond donors (Lipinski definition) is 1. The fraction of sp³-hybridized carbons (Fsp3) is 0.357. The van der Waals surface area contributed by atoms with Gasteiger partial charge in [0.2, 0.25) is 0 Å². The van der Waals surface area contributed by atoms with Crippen LogP contribution in [0.5, 0.6) is 5.75 Å². The van der Waals surface area contributed by atoms with E-state index in [1.165, 1.54) is 25.0 Å². The molecule has 1 aromatic heterocycles. The summed E-state index contributed by atoms with van der Waals surface area (Å²) in [5.74, 6) is 1.57. The molecule has 1 aromatic carbocycles. The number of hydrogen-bond acceptors (Lipinski definition) is 2. The number of nitrogens with zero attached hydrogens (tertiary/aromatic N) is 1. The minimum absolute atomic E-state index is 0.696. The van der Waals surface area contributed by atoms with E-state index in [0.717, 1.165) is 17.0 Å². The van der Waals surface area contributed by atoms with Gasteiger partial charge in [-0.3, -0.25) is 5.10 Å². The highest BCUT2D eigenvalue weighted by molar-refractivity contribution is 5.61. The van der Waals surface area contributed by atoms with E-state index in [2.05, 4.69) is 22.3 Å². The van der Waals surface area contributed by atoms with Crippen molar-refractivity contribution in [1.29, 1.82) is 0 Å². The summed E-state index contributed by atoms with van der Waals surface area (Å²) < 4.78 is 5.22. The Hall–Kier alpha value is -1.77. The lowest BCUT2D eigenvalue weighted by atomic mass is 9.83. The maximum absolute atomic E-state index is 5.22. The Bertz CT molecular complexity index is 514. The molecule has 17 heavy (non-hydrogen) atoms. The highest BCUT2D eigenvalue weighted by Gasteiger charge is 2.21. The third-order valence-corrected chi connectivity index (χ3v) is 3.51. The number of rotatable bonds is 3. The van der Waals surface area contributed by atoms with Gasteiger partial charge in [-0.1, -0.05) is 18.6 Å². The van der Waals surface area contributed by atoms with Gasteiger partial charge in [0.05, 0.1) is 12.8 Å². The molecule has 0 radical (unpaired) electrons. The predicted molar refractivity (Wildman–Crippen MR) is 67.2 cm³/mol. The van der Waals surface area contributed by atoms with Gasteiger partial charge >= 0.3 is 0 Å². The van der Waals surface area contributed by atoms with Gasteiger partial charge in [-0.25, -0.2) is 0 Å². The van der Waals surface area contributed by atoms with E-state index < -0.39 is 0 Å². The van der Waals surface area contributed by atoms with E-state index in [-0.39, 0.29) is 0 Å². The third-order valence-electron chi connectivity index (χ3n) is 3.51. The Labute approximate surface area is 101 Å². The van der Waals surface area contributed by atoms with Gasteiger partial charge < -0.3 is 4.74 Å². The van der Waals surface area contributed by atoms with Gasteiger partial charge in [0.25, 0.3) is 0 Å². The first-order valence-corrected chi connectivity index (χ1v) is 6.06. The summed E-state index contributed by atoms with van der Waals surface area (Å²) in [5, 5.41) is 7.54. The quantitative estimate of drug-likeness (QED) is 0.874. The second-order valence-corrected chi connectivity index (χ2v) is 4.57. The fourth-order valence-electron chi connectivity index (χ4n) is 2.20. The van der Waals surface area contributed by atoms with Crippen LogP contribution in [0.4, 0.5) is 0 Å². The van der Waals surface area contributed by atoms with Crippen LogP contribution in [-0.2, 0) is 0 Å². The van der Waals surface area contributed by atoms with Crippen molar-refractivity contribution in [2.75, 3.05) is 7.11 Å². The lowest BCUT2D eigenvalue weighted by Crippen LogP contribution is -2.08. The number of nitrogens with one attached hydrogen (secondary N) is 1. The van der Waals surface area contributed by atoms with Crippen LogP contribution in [0.25, 0.3) is 11.3 Å². The highest BCUT2D eigenvalue weighted by Crippen LogP contribution is 2.36. The van der Waals surface area contributed by atoms with Crippen LogP contribution in [0.1, 0.15) is 30.9 Å². The fourth-order valence-corrected chi connectivity index (χ4v) is 2.20. The summed E-state index contributed by atoms with van der Waals surface area (Å²) in [6, 6.07) is 10.2. The van der Waals surface area contributed by atoms with Crippen molar-refractivity contribution in [3.8, 4) is 17.0 Å². The molecule has 1 aliphatic rings. The molecule has 0 unspecified atom stereocenters. The molecule has 3 rings (SSSR count). The van der Waals surface area contributed by atoms with Gasteiger partial charge in [-0.05, 0) is 31.0 Å². The largest absolute Gasteiger partial charge is 0.497 e. The van der Waals surface area contributed by atoms with Crippen LogP contribution in [0.2, 0.25) is 0 Å². The summed E-state index contributed by atoms with van der Waals surface area (Å²) in [6.45, 7) is 0. The number of methoxy groups -OCH3 is 1. The smallest absolute Gasteiger partial charge is 0.119 e. The van der Waals surface area contributed by atoms with Crippen LogP contribution in [-0.4, -0.2) is 17.3 Å². The van der Waals surface area contributed by atoms with Gasteiger partial charge in [-0.2, -0.15) is 5.10 Å². The molecule has 3 nitrogen and oxygen atoms in total. The lowest BCUT2D eigenvalue weighted by molar-refractivity contribution is 0.410. The number of H-pyrrole nitrogens is 1. The second-order valence-electron chi connectivity index (χ2n) is 4.57. The van der Waals surface area contributed by atoms with Crippen molar-refractivity contribution in [3.05, 3.63) is 36.0 Å². The average molecular weight is 228 g/mol. The van der Waals surface area contributed by atoms with E-state index in [9.17, 15) is 0 Å². The predicted octanol–water partition coefficient (Wildman–Crippen LogP) is 3.35. The summed E-state index contributed by atoms with van der Waals surface area (Å²) in [4.78, 5) is 0. The molecule has 3 heteroatoms. The van der Waals surface area contributed by atoms with E-state index >= 15 is 0 Å². The molecule has 0 saturated heterocycles. The molecule has 1 aliphatic carbocycles. The maximum atomic E-state index is 5.22. The topological polar surface area (TPSA) is 37.9 Å². The van der Waals surface area contributed by atoms with Crippen molar-refractivity contribution >= 4 is 0 Å². The Morgan fingerprint density at radius 1 is 1.29 bits per heavy atom. The summed E-state index contributed by atoms with van der Waals surface area (Å²) >= 11 is 0. The van der Waals surface area contributed by atoms with Crippen LogP contribution in [0.15, 0.2) is 30.3 Å². The first kappa shape index (κ1) is 10.4. The zero-order chi connectivity index (χ0) is 11.7. The van der Waals surface area contributed by atoms with Gasteiger partial charge in [-0.15, -0.1) is 0 Å². The standard InChI is InChI=1S/C14H16N2O/c1-17-12-7-3-6-11(8-12)14-9-13(15-16-14)10-4-2-5-10/h3,6-10H,2,4-5H2,1H3,(H,15,16). The van der Waals surface area contributed by atoms with Crippen LogP contribution < -0.4 is 4.74 Å².